The van der Waals surface area contributed by atoms with Gasteiger partial charge in [0.15, 0.2) is 0 Å². The van der Waals surface area contributed by atoms with Gasteiger partial charge in [0.25, 0.3) is 5.69 Å². The molecule has 0 radical (unpaired) electrons. The van der Waals surface area contributed by atoms with Gasteiger partial charge in [0.1, 0.15) is 5.69 Å². The summed E-state index contributed by atoms with van der Waals surface area (Å²) >= 11 is 3.13. The zero-order chi connectivity index (χ0) is 11.3. The number of nitrogens with zero attached hydrogens (tertiary/aromatic N) is 3. The summed E-state index contributed by atoms with van der Waals surface area (Å²) in [5, 5.41) is 19.0. The van der Waals surface area contributed by atoms with Crippen LogP contribution in [0.5, 0.6) is 0 Å². The first-order valence-electron chi connectivity index (χ1n) is 4.31. The summed E-state index contributed by atoms with van der Waals surface area (Å²) in [5.74, 6) is 0. The van der Waals surface area contributed by atoms with Crippen molar-refractivity contribution in [2.75, 3.05) is 0 Å². The lowest BCUT2D eigenvalue weighted by Crippen LogP contribution is -1.98. The summed E-state index contributed by atoms with van der Waals surface area (Å²) in [7, 11) is 0. The van der Waals surface area contributed by atoms with Crippen molar-refractivity contribution in [1.82, 2.24) is 4.98 Å². The van der Waals surface area contributed by atoms with E-state index in [1.54, 1.807) is 0 Å². The van der Waals surface area contributed by atoms with Gasteiger partial charge < -0.3 is 0 Å². The number of nitriles is 1. The quantitative estimate of drug-likeness (QED) is 0.478. The van der Waals surface area contributed by atoms with Crippen LogP contribution >= 0.6 is 15.9 Å². The Balaban J connectivity index is 2.87. The summed E-state index contributed by atoms with van der Waals surface area (Å²) in [5.41, 5.74) is 0.431. The number of aryl methyl sites for hydroxylation is 1. The Morgan fingerprint density at radius 3 is 3.00 bits per heavy atom. The highest BCUT2D eigenvalue weighted by Crippen LogP contribution is 2.22. The fourth-order valence-corrected chi connectivity index (χ4v) is 1.46. The van der Waals surface area contributed by atoms with Crippen LogP contribution in [0.2, 0.25) is 0 Å². The number of nitro groups is 1. The van der Waals surface area contributed by atoms with Crippen molar-refractivity contribution in [3.63, 3.8) is 0 Å². The normalized spacial score (nSPS) is 9.60. The second-order valence-electron chi connectivity index (χ2n) is 2.89. The molecule has 1 aromatic heterocycles. The van der Waals surface area contributed by atoms with Crippen molar-refractivity contribution in [2.24, 2.45) is 0 Å². The number of pyridine rings is 1. The maximum absolute atomic E-state index is 10.7. The third-order valence-corrected chi connectivity index (χ3v) is 2.25. The number of aromatic nitrogens is 1. The summed E-state index contributed by atoms with van der Waals surface area (Å²) < 4.78 is 0.582. The molecule has 1 aromatic rings. The summed E-state index contributed by atoms with van der Waals surface area (Å²) in [4.78, 5) is 14.2. The molecule has 15 heavy (non-hydrogen) atoms. The number of hydrogen-bond acceptors (Lipinski definition) is 4. The van der Waals surface area contributed by atoms with Gasteiger partial charge in [0.05, 0.1) is 11.0 Å². The number of halogens is 1. The van der Waals surface area contributed by atoms with Crippen LogP contribution in [-0.4, -0.2) is 9.91 Å². The van der Waals surface area contributed by atoms with Gasteiger partial charge in [0, 0.05) is 23.2 Å². The fraction of sp³-hybridized carbons (Fsp3) is 0.333. The van der Waals surface area contributed by atoms with Crippen LogP contribution in [-0.2, 0) is 6.42 Å². The minimum atomic E-state index is -0.459. The van der Waals surface area contributed by atoms with Gasteiger partial charge in [-0.3, -0.25) is 15.1 Å². The Kier molecular flexibility index (Phi) is 4.18. The van der Waals surface area contributed by atoms with Gasteiger partial charge in [-0.1, -0.05) is 0 Å². The average molecular weight is 270 g/mol. The first kappa shape index (κ1) is 11.6. The largest absolute Gasteiger partial charge is 0.291 e. The van der Waals surface area contributed by atoms with E-state index >= 15 is 0 Å². The zero-order valence-electron chi connectivity index (χ0n) is 7.81. The molecule has 0 N–H and O–H groups in total. The second kappa shape index (κ2) is 5.41. The molecule has 0 aliphatic rings. The van der Waals surface area contributed by atoms with Crippen molar-refractivity contribution in [1.29, 1.82) is 5.26 Å². The molecule has 0 spiro atoms. The second-order valence-corrected chi connectivity index (χ2v) is 3.80. The van der Waals surface area contributed by atoms with E-state index in [2.05, 4.69) is 20.9 Å². The SMILES string of the molecule is N#CCCCc1ncc(Br)cc1[N+](=O)[O-]. The Morgan fingerprint density at radius 2 is 2.40 bits per heavy atom. The summed E-state index contributed by atoms with van der Waals surface area (Å²) in [6, 6.07) is 3.42. The lowest BCUT2D eigenvalue weighted by Gasteiger charge is -2.00. The average Bonchev–Trinajstić information content (AvgIpc) is 2.20. The minimum absolute atomic E-state index is 0.00214. The van der Waals surface area contributed by atoms with Gasteiger partial charge >= 0.3 is 0 Å². The Bertz CT molecular complexity index is 414. The molecule has 0 amide bonds. The first-order chi connectivity index (χ1) is 7.15. The van der Waals surface area contributed by atoms with Crippen LogP contribution in [0.25, 0.3) is 0 Å². The molecule has 78 valence electrons. The molecule has 0 atom stereocenters. The number of unbranched alkanes of at least 4 members (excludes halogenated alkanes) is 1. The van der Waals surface area contributed by atoms with Crippen molar-refractivity contribution in [2.45, 2.75) is 19.3 Å². The zero-order valence-corrected chi connectivity index (χ0v) is 9.40. The van der Waals surface area contributed by atoms with Crippen LogP contribution < -0.4 is 0 Å². The third-order valence-electron chi connectivity index (χ3n) is 1.81. The highest BCUT2D eigenvalue weighted by Gasteiger charge is 2.14. The van der Waals surface area contributed by atoms with E-state index in [0.717, 1.165) is 0 Å². The van der Waals surface area contributed by atoms with Crippen LogP contribution in [0.1, 0.15) is 18.5 Å². The van der Waals surface area contributed by atoms with Crippen molar-refractivity contribution in [3.05, 3.63) is 32.5 Å². The van der Waals surface area contributed by atoms with E-state index in [4.69, 9.17) is 5.26 Å². The molecule has 0 bridgehead atoms. The van der Waals surface area contributed by atoms with E-state index in [9.17, 15) is 10.1 Å². The third kappa shape index (κ3) is 3.29. The fourth-order valence-electron chi connectivity index (χ4n) is 1.14. The number of rotatable bonds is 4. The van der Waals surface area contributed by atoms with E-state index in [-0.39, 0.29) is 5.69 Å². The lowest BCUT2D eigenvalue weighted by molar-refractivity contribution is -0.386. The predicted molar refractivity (Wildman–Crippen MR) is 57.1 cm³/mol. The highest BCUT2D eigenvalue weighted by molar-refractivity contribution is 9.10. The molecule has 1 rings (SSSR count). The van der Waals surface area contributed by atoms with Gasteiger partial charge in [-0.25, -0.2) is 0 Å². The topological polar surface area (TPSA) is 79.8 Å². The Labute approximate surface area is 95.0 Å². The van der Waals surface area contributed by atoms with Crippen LogP contribution in [0, 0.1) is 21.4 Å². The Hall–Kier alpha value is -1.48. The molecular formula is C9H8BrN3O2. The van der Waals surface area contributed by atoms with E-state index < -0.39 is 4.92 Å². The summed E-state index contributed by atoms with van der Waals surface area (Å²) in [6.07, 6.45) is 2.95. The predicted octanol–water partition coefficient (Wildman–Crippen LogP) is 2.60. The monoisotopic (exact) mass is 269 g/mol. The molecule has 1 heterocycles. The van der Waals surface area contributed by atoms with E-state index in [1.807, 2.05) is 6.07 Å². The van der Waals surface area contributed by atoms with Gasteiger partial charge in [-0.05, 0) is 28.8 Å². The minimum Gasteiger partial charge on any atom is -0.258 e. The molecule has 0 fully saturated rings. The van der Waals surface area contributed by atoms with Gasteiger partial charge in [0.2, 0.25) is 0 Å². The molecule has 0 saturated carbocycles. The molecule has 5 nitrogen and oxygen atoms in total. The van der Waals surface area contributed by atoms with Crippen LogP contribution in [0.15, 0.2) is 16.7 Å². The standard InChI is InChI=1S/C9H8BrN3O2/c10-7-5-9(13(14)15)8(12-6-7)3-1-2-4-11/h5-6H,1-3H2. The van der Waals surface area contributed by atoms with Crippen LogP contribution in [0.3, 0.4) is 0 Å². The van der Waals surface area contributed by atoms with Gasteiger partial charge in [-0.2, -0.15) is 5.26 Å². The molecule has 0 aromatic carbocycles. The maximum Gasteiger partial charge on any atom is 0.291 e. The molecule has 0 unspecified atom stereocenters. The molecule has 6 heteroatoms. The Morgan fingerprint density at radius 1 is 1.67 bits per heavy atom. The lowest BCUT2D eigenvalue weighted by atomic mass is 10.1. The van der Waals surface area contributed by atoms with E-state index in [0.29, 0.717) is 29.4 Å². The smallest absolute Gasteiger partial charge is 0.258 e. The molecule has 0 aliphatic carbocycles. The van der Waals surface area contributed by atoms with Crippen LogP contribution in [0.4, 0.5) is 5.69 Å². The maximum atomic E-state index is 10.7. The molecule has 0 saturated heterocycles. The molecule has 0 aliphatic heterocycles. The molecular weight excluding hydrogens is 262 g/mol. The number of hydrogen-bond donors (Lipinski definition) is 0. The summed E-state index contributed by atoms with van der Waals surface area (Å²) in [6.45, 7) is 0. The highest BCUT2D eigenvalue weighted by atomic mass is 79.9. The van der Waals surface area contributed by atoms with Crippen molar-refractivity contribution >= 4 is 21.6 Å². The van der Waals surface area contributed by atoms with Gasteiger partial charge in [-0.15, -0.1) is 0 Å². The van der Waals surface area contributed by atoms with Crippen molar-refractivity contribution < 1.29 is 4.92 Å². The first-order valence-corrected chi connectivity index (χ1v) is 5.10. The van der Waals surface area contributed by atoms with Crippen molar-refractivity contribution in [3.8, 4) is 6.07 Å². The van der Waals surface area contributed by atoms with E-state index in [1.165, 1.54) is 12.3 Å².